The zero-order chi connectivity index (χ0) is 66.9. The lowest BCUT2D eigenvalue weighted by Crippen LogP contribution is -3.12. The van der Waals surface area contributed by atoms with Crippen molar-refractivity contribution < 1.29 is 69.7 Å². The van der Waals surface area contributed by atoms with Crippen molar-refractivity contribution in [2.24, 2.45) is 9.98 Å². The van der Waals surface area contributed by atoms with Crippen LogP contribution in [0, 0.1) is 0 Å². The van der Waals surface area contributed by atoms with Gasteiger partial charge in [-0.3, -0.25) is 23.9 Å². The Hall–Kier alpha value is -9.12. The summed E-state index contributed by atoms with van der Waals surface area (Å²) < 4.78 is 64.9. The highest BCUT2D eigenvalue weighted by Crippen LogP contribution is 2.35. The molecule has 0 atom stereocenters. The Balaban J connectivity index is 0.000000222. The van der Waals surface area contributed by atoms with Gasteiger partial charge in [0.25, 0.3) is 10.1 Å². The SMILES string of the molecule is CCS(=O)(=O)O.CCS(=O)(=O)[O-].COC(=O)c1ccc2c(C(=Nc3ccc(N(C)C(=O)CN4CCN(C)CC4)cc3)c3ccccc3)c(O)[nH]c2c1.COC(=O)c1ccc2c(C(=Nc3ccc(N(C)C(=O)CN4CC[NH+](C)CC4)cc3)c3ccccc3)c(O)[nH]c2c1. The Morgan fingerprint density at radius 2 is 0.924 bits per heavy atom. The number of anilines is 2. The predicted octanol–water partition coefficient (Wildman–Crippen LogP) is 6.11. The number of aliphatic imine (C=N–C) groups is 2. The molecular formula is C66H78N10O14S2. The van der Waals surface area contributed by atoms with Crippen molar-refractivity contribution in [1.29, 1.82) is 0 Å². The highest BCUT2D eigenvalue weighted by Gasteiger charge is 2.25. The van der Waals surface area contributed by atoms with Crippen LogP contribution in [-0.2, 0) is 39.3 Å². The molecule has 2 aliphatic heterocycles. The van der Waals surface area contributed by atoms with Gasteiger partial charge in [0.2, 0.25) is 11.8 Å². The second-order valence-electron chi connectivity index (χ2n) is 21.8. The fourth-order valence-electron chi connectivity index (χ4n) is 9.80. The van der Waals surface area contributed by atoms with Gasteiger partial charge in [-0.25, -0.2) is 28.0 Å². The average Bonchev–Trinajstić information content (AvgIpc) is 1.62. The van der Waals surface area contributed by atoms with E-state index in [2.05, 4.69) is 38.8 Å². The molecule has 92 heavy (non-hydrogen) atoms. The van der Waals surface area contributed by atoms with Crippen molar-refractivity contribution in [2.45, 2.75) is 13.8 Å². The number of fused-ring (bicyclic) bond motifs is 2. The Labute approximate surface area is 535 Å². The number of carbonyl (C=O) groups excluding carboxylic acids is 4. The number of methoxy groups -OCH3 is 2. The van der Waals surface area contributed by atoms with Crippen LogP contribution >= 0.6 is 0 Å². The number of rotatable bonds is 16. The van der Waals surface area contributed by atoms with Crippen LogP contribution in [0.15, 0.2) is 156 Å². The Bertz CT molecular complexity index is 3860. The van der Waals surface area contributed by atoms with Crippen molar-refractivity contribution in [1.82, 2.24) is 24.7 Å². The van der Waals surface area contributed by atoms with E-state index >= 15 is 0 Å². The molecule has 10 rings (SSSR count). The minimum atomic E-state index is -3.91. The van der Waals surface area contributed by atoms with Crippen LogP contribution in [0.5, 0.6) is 11.8 Å². The minimum Gasteiger partial charge on any atom is -0.748 e. The molecule has 4 heterocycles. The molecule has 0 aliphatic carbocycles. The number of aromatic amines is 2. The lowest BCUT2D eigenvalue weighted by atomic mass is 10.00. The minimum absolute atomic E-state index is 0.0424. The van der Waals surface area contributed by atoms with Gasteiger partial charge in [0.15, 0.2) is 11.8 Å². The molecule has 0 saturated carbocycles. The Morgan fingerprint density at radius 3 is 1.26 bits per heavy atom. The van der Waals surface area contributed by atoms with E-state index in [4.69, 9.17) is 24.0 Å². The topological polar surface area (TPSA) is 316 Å². The number of piperazine rings is 2. The van der Waals surface area contributed by atoms with E-state index < -0.39 is 32.2 Å². The summed E-state index contributed by atoms with van der Waals surface area (Å²) in [6, 6.07) is 44.4. The first-order chi connectivity index (χ1) is 43.8. The fourth-order valence-corrected chi connectivity index (χ4v) is 9.80. The third-order valence-corrected chi connectivity index (χ3v) is 16.9. The molecule has 2 aliphatic rings. The van der Waals surface area contributed by atoms with Gasteiger partial charge in [-0.2, -0.15) is 8.42 Å². The van der Waals surface area contributed by atoms with Crippen LogP contribution in [0.1, 0.15) is 56.8 Å². The molecule has 0 bridgehead atoms. The molecular weight excluding hydrogens is 1220 g/mol. The lowest BCUT2D eigenvalue weighted by molar-refractivity contribution is -0.884. The van der Waals surface area contributed by atoms with Gasteiger partial charge in [0.05, 0.1) is 108 Å². The Kier molecular flexibility index (Phi) is 24.7. The number of hydrogen-bond donors (Lipinski definition) is 6. The summed E-state index contributed by atoms with van der Waals surface area (Å²) in [5.74, 6) is -1.43. The van der Waals surface area contributed by atoms with Gasteiger partial charge < -0.3 is 53.8 Å². The van der Waals surface area contributed by atoms with Crippen LogP contribution in [0.3, 0.4) is 0 Å². The van der Waals surface area contributed by atoms with Gasteiger partial charge in [-0.05, 0) is 86.8 Å². The van der Waals surface area contributed by atoms with Crippen LogP contribution in [0.2, 0.25) is 0 Å². The van der Waals surface area contributed by atoms with Crippen LogP contribution in [-0.4, -0.2) is 215 Å². The van der Waals surface area contributed by atoms with E-state index in [1.54, 1.807) is 60.3 Å². The number of quaternary nitrogens is 1. The molecule has 2 amide bonds. The molecule has 8 aromatic rings. The summed E-state index contributed by atoms with van der Waals surface area (Å²) in [5, 5.41) is 23.4. The molecule has 2 aromatic heterocycles. The maximum absolute atomic E-state index is 12.9. The van der Waals surface area contributed by atoms with Crippen molar-refractivity contribution in [3.63, 3.8) is 0 Å². The molecule has 2 saturated heterocycles. The Morgan fingerprint density at radius 1 is 0.565 bits per heavy atom. The van der Waals surface area contributed by atoms with Gasteiger partial charge in [-0.1, -0.05) is 79.7 Å². The van der Waals surface area contributed by atoms with E-state index in [9.17, 15) is 50.8 Å². The lowest BCUT2D eigenvalue weighted by Gasteiger charge is -2.32. The first kappa shape index (κ1) is 70.3. The normalized spacial score (nSPS) is 14.4. The molecule has 488 valence electrons. The number of H-pyrrole nitrogens is 2. The maximum Gasteiger partial charge on any atom is 0.337 e. The zero-order valence-electron chi connectivity index (χ0n) is 52.6. The van der Waals surface area contributed by atoms with Crippen molar-refractivity contribution in [2.75, 3.05) is 129 Å². The second-order valence-corrected chi connectivity index (χ2v) is 25.3. The standard InChI is InChI=1S/2C31H33N5O4.2C2H6O3S/c2*1-34-15-17-36(18-16-34)20-27(37)35(2)24-12-10-23(11-13-24)32-29(21-7-5-4-6-8-21)28-25-14-9-22(31(39)40-3)19-26(25)33-30(28)38;2*1-2-6(3,4)5/h2*4-14,19,33,38H,15-18,20H2,1-3H3;2*2H2,1H3,(H,3,4,5). The van der Waals surface area contributed by atoms with E-state index in [1.165, 1.54) is 33.0 Å². The summed E-state index contributed by atoms with van der Waals surface area (Å²) in [4.78, 5) is 77.2. The molecule has 0 radical (unpaired) electrons. The quantitative estimate of drug-likeness (QED) is 0.0361. The van der Waals surface area contributed by atoms with Gasteiger partial charge in [0, 0.05) is 103 Å². The van der Waals surface area contributed by atoms with E-state index in [0.29, 0.717) is 69.2 Å². The molecule has 0 spiro atoms. The third-order valence-electron chi connectivity index (χ3n) is 15.4. The summed E-state index contributed by atoms with van der Waals surface area (Å²) in [5.41, 5.74) is 8.70. The number of amides is 2. The average molecular weight is 1300 g/mol. The number of aromatic hydroxyl groups is 2. The summed E-state index contributed by atoms with van der Waals surface area (Å²) in [7, 11) is 2.95. The van der Waals surface area contributed by atoms with Gasteiger partial charge in [-0.15, -0.1) is 0 Å². The molecule has 2 fully saturated rings. The maximum atomic E-state index is 12.9. The number of carbonyl (C=O) groups is 4. The number of ether oxygens (including phenoxy) is 2. The van der Waals surface area contributed by atoms with Crippen molar-refractivity contribution in [3.05, 3.63) is 179 Å². The number of aromatic nitrogens is 2. The van der Waals surface area contributed by atoms with Crippen molar-refractivity contribution in [3.8, 4) is 11.8 Å². The van der Waals surface area contributed by atoms with E-state index in [0.717, 1.165) is 85.6 Å². The number of esters is 2. The highest BCUT2D eigenvalue weighted by molar-refractivity contribution is 7.85. The van der Waals surface area contributed by atoms with Crippen LogP contribution < -0.4 is 14.7 Å². The zero-order valence-corrected chi connectivity index (χ0v) is 54.3. The summed E-state index contributed by atoms with van der Waals surface area (Å²) in [6.45, 7) is 11.1. The van der Waals surface area contributed by atoms with Gasteiger partial charge >= 0.3 is 11.9 Å². The highest BCUT2D eigenvalue weighted by atomic mass is 32.2. The van der Waals surface area contributed by atoms with Crippen LogP contribution in [0.25, 0.3) is 21.8 Å². The first-order valence-corrected chi connectivity index (χ1v) is 32.7. The smallest absolute Gasteiger partial charge is 0.337 e. The number of nitrogens with one attached hydrogen (secondary N) is 3. The number of benzene rings is 6. The second kappa shape index (κ2) is 32.2. The third kappa shape index (κ3) is 19.5. The first-order valence-electron chi connectivity index (χ1n) is 29.5. The predicted molar refractivity (Wildman–Crippen MR) is 355 cm³/mol. The molecule has 6 N–H and O–H groups in total. The van der Waals surface area contributed by atoms with Crippen molar-refractivity contribution >= 4 is 100.0 Å². The monoisotopic (exact) mass is 1300 g/mol. The largest absolute Gasteiger partial charge is 0.748 e. The fraction of sp³-hybridized carbons (Fsp3) is 0.303. The number of nitrogens with zero attached hydrogens (tertiary/aromatic N) is 7. The summed E-state index contributed by atoms with van der Waals surface area (Å²) >= 11 is 0. The summed E-state index contributed by atoms with van der Waals surface area (Å²) in [6.07, 6.45) is 0. The molecule has 0 unspecified atom stereocenters. The van der Waals surface area contributed by atoms with E-state index in [1.807, 2.05) is 109 Å². The number of hydrogen-bond acceptors (Lipinski definition) is 18. The van der Waals surface area contributed by atoms with Crippen LogP contribution in [0.4, 0.5) is 22.7 Å². The van der Waals surface area contributed by atoms with Gasteiger partial charge in [0.1, 0.15) is 0 Å². The molecule has 6 aromatic carbocycles. The number of likely N-dealkylation sites (N-methyl/N-ethyl adjacent to an activating group) is 4. The van der Waals surface area contributed by atoms with E-state index in [-0.39, 0.29) is 35.1 Å². The molecule has 26 heteroatoms. The molecule has 24 nitrogen and oxygen atoms in total.